The summed E-state index contributed by atoms with van der Waals surface area (Å²) in [5.74, 6) is 1.49. The molecule has 0 unspecified atom stereocenters. The van der Waals surface area contributed by atoms with Gasteiger partial charge in [0.25, 0.3) is 0 Å². The molecule has 136 valence electrons. The van der Waals surface area contributed by atoms with E-state index in [0.29, 0.717) is 12.4 Å². The average Bonchev–Trinajstić information content (AvgIpc) is 3.43. The first kappa shape index (κ1) is 17.0. The number of thiazole rings is 1. The molecule has 0 radical (unpaired) electrons. The van der Waals surface area contributed by atoms with Crippen molar-refractivity contribution in [1.29, 1.82) is 0 Å². The number of nitrogens with zero attached hydrogens (tertiary/aromatic N) is 4. The Kier molecular flexibility index (Phi) is 4.52. The molecule has 0 aliphatic rings. The number of aromatic nitrogens is 4. The van der Waals surface area contributed by atoms with E-state index < -0.39 is 0 Å². The fourth-order valence-electron chi connectivity index (χ4n) is 2.92. The molecule has 4 heterocycles. The van der Waals surface area contributed by atoms with Gasteiger partial charge in [0.05, 0.1) is 11.9 Å². The molecular weight excluding hydrogens is 386 g/mol. The van der Waals surface area contributed by atoms with Crippen molar-refractivity contribution < 1.29 is 0 Å². The fourth-order valence-corrected chi connectivity index (χ4v) is 4.52. The van der Waals surface area contributed by atoms with E-state index >= 15 is 0 Å². The maximum absolute atomic E-state index is 4.81. The first-order valence-corrected chi connectivity index (χ1v) is 10.5. The predicted molar refractivity (Wildman–Crippen MR) is 116 cm³/mol. The molecule has 0 fully saturated rings. The molecule has 5 rings (SSSR count). The van der Waals surface area contributed by atoms with Crippen LogP contribution in [0.1, 0.15) is 5.01 Å². The molecule has 5 nitrogen and oxygen atoms in total. The molecule has 7 heteroatoms. The van der Waals surface area contributed by atoms with E-state index in [1.165, 1.54) is 10.4 Å². The molecule has 28 heavy (non-hydrogen) atoms. The van der Waals surface area contributed by atoms with Crippen molar-refractivity contribution >= 4 is 38.7 Å². The van der Waals surface area contributed by atoms with Crippen LogP contribution in [-0.2, 0) is 6.54 Å². The van der Waals surface area contributed by atoms with Crippen molar-refractivity contribution in [2.75, 3.05) is 5.32 Å². The van der Waals surface area contributed by atoms with Crippen LogP contribution in [0.25, 0.3) is 32.0 Å². The summed E-state index contributed by atoms with van der Waals surface area (Å²) in [7, 11) is 0. The normalized spacial score (nSPS) is 11.0. The zero-order chi connectivity index (χ0) is 18.8. The molecule has 0 atom stereocenters. The highest BCUT2D eigenvalue weighted by Gasteiger charge is 2.14. The van der Waals surface area contributed by atoms with Crippen LogP contribution < -0.4 is 5.32 Å². The van der Waals surface area contributed by atoms with Crippen molar-refractivity contribution in [3.8, 4) is 21.8 Å². The van der Waals surface area contributed by atoms with Crippen LogP contribution in [-0.4, -0.2) is 19.9 Å². The number of hydrogen-bond acceptors (Lipinski definition) is 7. The maximum Gasteiger partial charge on any atom is 0.164 e. The molecule has 1 N–H and O–H groups in total. The summed E-state index contributed by atoms with van der Waals surface area (Å²) in [5, 5.41) is 7.47. The zero-order valence-electron chi connectivity index (χ0n) is 14.7. The second-order valence-corrected chi connectivity index (χ2v) is 8.12. The quantitative estimate of drug-likeness (QED) is 0.422. The number of rotatable bonds is 5. The number of hydrogen-bond donors (Lipinski definition) is 1. The largest absolute Gasteiger partial charge is 0.363 e. The van der Waals surface area contributed by atoms with Crippen LogP contribution in [0.2, 0.25) is 0 Å². The lowest BCUT2D eigenvalue weighted by Gasteiger charge is -2.07. The van der Waals surface area contributed by atoms with E-state index in [1.54, 1.807) is 35.1 Å². The van der Waals surface area contributed by atoms with Crippen molar-refractivity contribution in [2.24, 2.45) is 0 Å². The minimum absolute atomic E-state index is 0.632. The Bertz CT molecular complexity index is 1200. The van der Waals surface area contributed by atoms with Crippen LogP contribution in [0.3, 0.4) is 0 Å². The summed E-state index contributed by atoms with van der Waals surface area (Å²) in [6.45, 7) is 0.632. The van der Waals surface area contributed by atoms with Gasteiger partial charge in [-0.25, -0.2) is 15.0 Å². The smallest absolute Gasteiger partial charge is 0.164 e. The van der Waals surface area contributed by atoms with Crippen molar-refractivity contribution in [3.05, 3.63) is 77.5 Å². The average molecular weight is 402 g/mol. The number of benzene rings is 1. The number of fused-ring (bicyclic) bond motifs is 1. The van der Waals surface area contributed by atoms with Crippen LogP contribution in [0.5, 0.6) is 0 Å². The lowest BCUT2D eigenvalue weighted by Crippen LogP contribution is -2.03. The van der Waals surface area contributed by atoms with E-state index in [4.69, 9.17) is 9.97 Å². The summed E-state index contributed by atoms with van der Waals surface area (Å²) in [6, 6.07) is 16.4. The van der Waals surface area contributed by atoms with Crippen molar-refractivity contribution in [1.82, 2.24) is 19.9 Å². The molecule has 0 saturated carbocycles. The Hall–Kier alpha value is -3.16. The zero-order valence-corrected chi connectivity index (χ0v) is 16.4. The van der Waals surface area contributed by atoms with Crippen LogP contribution in [0.15, 0.2) is 72.5 Å². The number of pyridine rings is 1. The standard InChI is InChI=1S/C21H15N5S2/c1-2-5-14(6-3-1)17-11-16-20(24-13-18-23-9-10-27-18)25-19(26-21(16)28-17)15-7-4-8-22-12-15/h1-12H,13H2,(H,24,25,26). The maximum atomic E-state index is 4.81. The van der Waals surface area contributed by atoms with Crippen molar-refractivity contribution in [2.45, 2.75) is 6.54 Å². The molecule has 4 aromatic heterocycles. The Morgan fingerprint density at radius 3 is 2.61 bits per heavy atom. The Morgan fingerprint density at radius 1 is 0.929 bits per heavy atom. The Balaban J connectivity index is 1.62. The third-order valence-electron chi connectivity index (χ3n) is 4.26. The van der Waals surface area contributed by atoms with Gasteiger partial charge in [-0.2, -0.15) is 0 Å². The molecule has 5 aromatic rings. The Morgan fingerprint density at radius 2 is 1.82 bits per heavy atom. The highest BCUT2D eigenvalue weighted by molar-refractivity contribution is 7.22. The van der Waals surface area contributed by atoms with Gasteiger partial charge in [0.15, 0.2) is 5.82 Å². The van der Waals surface area contributed by atoms with Gasteiger partial charge in [0, 0.05) is 34.4 Å². The molecule has 1 aromatic carbocycles. The lowest BCUT2D eigenvalue weighted by atomic mass is 10.2. The number of anilines is 1. The molecular formula is C21H15N5S2. The number of thiophene rings is 1. The molecule has 0 amide bonds. The molecule has 0 saturated heterocycles. The van der Waals surface area contributed by atoms with Crippen LogP contribution in [0, 0.1) is 0 Å². The van der Waals surface area contributed by atoms with Gasteiger partial charge in [0.1, 0.15) is 15.7 Å². The minimum Gasteiger partial charge on any atom is -0.363 e. The van der Waals surface area contributed by atoms with Crippen LogP contribution >= 0.6 is 22.7 Å². The second kappa shape index (κ2) is 7.46. The molecule has 0 spiro atoms. The summed E-state index contributed by atoms with van der Waals surface area (Å²) < 4.78 is 0. The summed E-state index contributed by atoms with van der Waals surface area (Å²) in [4.78, 5) is 20.3. The van der Waals surface area contributed by atoms with Crippen molar-refractivity contribution in [3.63, 3.8) is 0 Å². The fraction of sp³-hybridized carbons (Fsp3) is 0.0476. The van der Waals surface area contributed by atoms with E-state index in [9.17, 15) is 0 Å². The minimum atomic E-state index is 0.632. The van der Waals surface area contributed by atoms with Crippen LogP contribution in [0.4, 0.5) is 5.82 Å². The molecule has 0 bridgehead atoms. The monoisotopic (exact) mass is 401 g/mol. The summed E-state index contributed by atoms with van der Waals surface area (Å²) in [5.41, 5.74) is 2.08. The van der Waals surface area contributed by atoms with E-state index in [1.807, 2.05) is 41.9 Å². The predicted octanol–water partition coefficient (Wildman–Crippen LogP) is 5.49. The van der Waals surface area contributed by atoms with Gasteiger partial charge in [-0.3, -0.25) is 4.98 Å². The van der Waals surface area contributed by atoms with Gasteiger partial charge in [-0.1, -0.05) is 30.3 Å². The van der Waals surface area contributed by atoms with Gasteiger partial charge >= 0.3 is 0 Å². The van der Waals surface area contributed by atoms with E-state index in [2.05, 4.69) is 33.5 Å². The third kappa shape index (κ3) is 3.37. The first-order chi connectivity index (χ1) is 13.9. The van der Waals surface area contributed by atoms with Gasteiger partial charge in [-0.05, 0) is 23.8 Å². The topological polar surface area (TPSA) is 63.6 Å². The SMILES string of the molecule is c1ccc(-c2cc3c(NCc4nccs4)nc(-c4cccnc4)nc3s2)cc1. The van der Waals surface area contributed by atoms with Gasteiger partial charge in [-0.15, -0.1) is 22.7 Å². The first-order valence-electron chi connectivity index (χ1n) is 8.76. The number of nitrogens with one attached hydrogen (secondary N) is 1. The second-order valence-electron chi connectivity index (χ2n) is 6.11. The highest BCUT2D eigenvalue weighted by atomic mass is 32.1. The Labute approximate surface area is 169 Å². The van der Waals surface area contributed by atoms with Gasteiger partial charge in [0.2, 0.25) is 0 Å². The lowest BCUT2D eigenvalue weighted by molar-refractivity contribution is 1.08. The van der Waals surface area contributed by atoms with E-state index in [-0.39, 0.29) is 0 Å². The summed E-state index contributed by atoms with van der Waals surface area (Å²) >= 11 is 3.30. The molecule has 0 aliphatic carbocycles. The highest BCUT2D eigenvalue weighted by Crippen LogP contribution is 2.36. The molecule has 0 aliphatic heterocycles. The third-order valence-corrected chi connectivity index (χ3v) is 6.12. The van der Waals surface area contributed by atoms with Gasteiger partial charge < -0.3 is 5.32 Å². The van der Waals surface area contributed by atoms with E-state index in [0.717, 1.165) is 26.6 Å². The summed E-state index contributed by atoms with van der Waals surface area (Å²) in [6.07, 6.45) is 5.36.